The Morgan fingerprint density at radius 2 is 2.14 bits per heavy atom. The number of hydrogen-bond acceptors (Lipinski definition) is 1. The molecule has 1 N–H and O–H groups in total. The second kappa shape index (κ2) is 4.38. The van der Waals surface area contributed by atoms with Crippen LogP contribution in [-0.4, -0.2) is 6.41 Å². The lowest BCUT2D eigenvalue weighted by molar-refractivity contribution is -0.109. The summed E-state index contributed by atoms with van der Waals surface area (Å²) in [6, 6.07) is 1.90. The summed E-state index contributed by atoms with van der Waals surface area (Å²) >= 11 is 0. The molecule has 0 aliphatic heterocycles. The van der Waals surface area contributed by atoms with Crippen LogP contribution in [0, 0.1) is 24.0 Å². The third-order valence-electron chi connectivity index (χ3n) is 1.67. The number of hydrogen-bond donors (Lipinski definition) is 1. The van der Waals surface area contributed by atoms with Gasteiger partial charge in [0.1, 0.15) is 11.6 Å². The van der Waals surface area contributed by atoms with Crippen molar-refractivity contribution in [3.05, 3.63) is 34.9 Å². The molecule has 2 nitrogen and oxygen atoms in total. The zero-order valence-electron chi connectivity index (χ0n) is 7.18. The first-order valence-corrected chi connectivity index (χ1v) is 3.80. The topological polar surface area (TPSA) is 29.1 Å². The van der Waals surface area contributed by atoms with Crippen LogP contribution >= 0.6 is 0 Å². The molecule has 0 spiro atoms. The molecule has 0 heterocycles. The van der Waals surface area contributed by atoms with Gasteiger partial charge in [0, 0.05) is 12.1 Å². The number of nitrogens with one attached hydrogen (secondary N) is 1. The van der Waals surface area contributed by atoms with Crippen molar-refractivity contribution in [2.24, 2.45) is 0 Å². The molecule has 1 aromatic rings. The highest BCUT2D eigenvalue weighted by Gasteiger charge is 2.07. The number of halogens is 2. The first-order chi connectivity index (χ1) is 6.69. The number of amides is 1. The van der Waals surface area contributed by atoms with E-state index in [2.05, 4.69) is 5.32 Å². The first-order valence-electron chi connectivity index (χ1n) is 3.80. The van der Waals surface area contributed by atoms with Crippen molar-refractivity contribution >= 4 is 6.41 Å². The molecule has 1 aromatic carbocycles. The highest BCUT2D eigenvalue weighted by atomic mass is 19.1. The Labute approximate surface area is 79.9 Å². The predicted octanol–water partition coefficient (Wildman–Crippen LogP) is 1.19. The quantitative estimate of drug-likeness (QED) is 0.569. The van der Waals surface area contributed by atoms with Gasteiger partial charge in [-0.3, -0.25) is 4.79 Å². The molecule has 14 heavy (non-hydrogen) atoms. The summed E-state index contributed by atoms with van der Waals surface area (Å²) in [7, 11) is 0. The molecule has 0 bridgehead atoms. The number of carbonyl (C=O) groups excluding carboxylic acids is 1. The maximum absolute atomic E-state index is 13.1. The lowest BCUT2D eigenvalue weighted by atomic mass is 10.1. The van der Waals surface area contributed by atoms with Gasteiger partial charge >= 0.3 is 0 Å². The van der Waals surface area contributed by atoms with Gasteiger partial charge in [-0.15, -0.1) is 6.42 Å². The molecule has 0 fully saturated rings. The van der Waals surface area contributed by atoms with Crippen LogP contribution in [0.2, 0.25) is 0 Å². The fourth-order valence-electron chi connectivity index (χ4n) is 0.986. The van der Waals surface area contributed by atoms with E-state index in [1.807, 2.05) is 5.92 Å². The molecule has 0 unspecified atom stereocenters. The van der Waals surface area contributed by atoms with E-state index in [0.29, 0.717) is 6.41 Å². The van der Waals surface area contributed by atoms with E-state index >= 15 is 0 Å². The van der Waals surface area contributed by atoms with Gasteiger partial charge in [-0.2, -0.15) is 0 Å². The van der Waals surface area contributed by atoms with Gasteiger partial charge in [0.25, 0.3) is 0 Å². The lowest BCUT2D eigenvalue weighted by Gasteiger charge is -2.03. The van der Waals surface area contributed by atoms with Crippen molar-refractivity contribution in [2.45, 2.75) is 6.54 Å². The maximum Gasteiger partial charge on any atom is 0.207 e. The fraction of sp³-hybridized carbons (Fsp3) is 0.100. The van der Waals surface area contributed by atoms with E-state index < -0.39 is 11.6 Å². The van der Waals surface area contributed by atoms with Gasteiger partial charge in [-0.05, 0) is 12.1 Å². The average molecular weight is 195 g/mol. The van der Waals surface area contributed by atoms with Crippen LogP contribution in [0.15, 0.2) is 12.1 Å². The van der Waals surface area contributed by atoms with Crippen molar-refractivity contribution in [1.82, 2.24) is 5.32 Å². The van der Waals surface area contributed by atoms with Crippen molar-refractivity contribution < 1.29 is 13.6 Å². The van der Waals surface area contributed by atoms with Gasteiger partial charge in [0.05, 0.1) is 5.56 Å². The average Bonchev–Trinajstić information content (AvgIpc) is 2.18. The smallest absolute Gasteiger partial charge is 0.207 e. The van der Waals surface area contributed by atoms with Crippen LogP contribution in [0.1, 0.15) is 11.1 Å². The number of benzene rings is 1. The fourth-order valence-corrected chi connectivity index (χ4v) is 0.986. The van der Waals surface area contributed by atoms with E-state index in [1.165, 1.54) is 0 Å². The van der Waals surface area contributed by atoms with Crippen LogP contribution in [-0.2, 0) is 11.3 Å². The van der Waals surface area contributed by atoms with Crippen LogP contribution in [0.5, 0.6) is 0 Å². The highest BCUT2D eigenvalue weighted by Crippen LogP contribution is 2.13. The lowest BCUT2D eigenvalue weighted by Crippen LogP contribution is -2.11. The van der Waals surface area contributed by atoms with Crippen LogP contribution in [0.4, 0.5) is 8.78 Å². The first kappa shape index (κ1) is 10.2. The van der Waals surface area contributed by atoms with E-state index in [4.69, 9.17) is 6.42 Å². The molecule has 0 aliphatic carbocycles. The molecule has 0 saturated carbocycles. The summed E-state index contributed by atoms with van der Waals surface area (Å²) in [4.78, 5) is 9.94. The van der Waals surface area contributed by atoms with Crippen molar-refractivity contribution in [3.8, 4) is 12.3 Å². The molecule has 0 saturated heterocycles. The predicted molar refractivity (Wildman–Crippen MR) is 47.2 cm³/mol. The van der Waals surface area contributed by atoms with Gasteiger partial charge in [0.2, 0.25) is 6.41 Å². The second-order valence-electron chi connectivity index (χ2n) is 2.57. The number of carbonyl (C=O) groups is 1. The normalized spacial score (nSPS) is 9.21. The molecule has 0 atom stereocenters. The van der Waals surface area contributed by atoms with Crippen molar-refractivity contribution in [3.63, 3.8) is 0 Å². The third kappa shape index (κ3) is 2.07. The summed E-state index contributed by atoms with van der Waals surface area (Å²) in [5, 5.41) is 2.23. The molecule has 0 aromatic heterocycles. The SMILES string of the molecule is C#Cc1cc(F)c(CNC=O)cc1F. The van der Waals surface area contributed by atoms with E-state index in [-0.39, 0.29) is 17.7 Å². The van der Waals surface area contributed by atoms with Gasteiger partial charge in [0.15, 0.2) is 0 Å². The zero-order chi connectivity index (χ0) is 10.6. The Kier molecular flexibility index (Phi) is 3.19. The Bertz CT molecular complexity index is 396. The molecule has 4 heteroatoms. The second-order valence-corrected chi connectivity index (χ2v) is 2.57. The molecule has 1 rings (SSSR count). The van der Waals surface area contributed by atoms with Crippen LogP contribution < -0.4 is 5.32 Å². The summed E-state index contributed by atoms with van der Waals surface area (Å²) in [5.41, 5.74) is -0.0639. The minimum Gasteiger partial charge on any atom is -0.354 e. The van der Waals surface area contributed by atoms with Gasteiger partial charge in [-0.25, -0.2) is 8.78 Å². The van der Waals surface area contributed by atoms with Gasteiger partial charge in [-0.1, -0.05) is 5.92 Å². The molecule has 0 radical (unpaired) electrons. The van der Waals surface area contributed by atoms with E-state index in [0.717, 1.165) is 12.1 Å². The van der Waals surface area contributed by atoms with Crippen LogP contribution in [0.3, 0.4) is 0 Å². The Morgan fingerprint density at radius 1 is 1.43 bits per heavy atom. The van der Waals surface area contributed by atoms with E-state index in [9.17, 15) is 13.6 Å². The van der Waals surface area contributed by atoms with Crippen LogP contribution in [0.25, 0.3) is 0 Å². The Morgan fingerprint density at radius 3 is 2.71 bits per heavy atom. The maximum atomic E-state index is 13.1. The minimum atomic E-state index is -0.670. The Hall–Kier alpha value is -1.89. The zero-order valence-corrected chi connectivity index (χ0v) is 7.18. The minimum absolute atomic E-state index is 0.0584. The largest absolute Gasteiger partial charge is 0.354 e. The number of rotatable bonds is 3. The summed E-state index contributed by atoms with van der Waals surface area (Å²) in [5.74, 6) is 0.714. The summed E-state index contributed by atoms with van der Waals surface area (Å²) in [6.45, 7) is -0.0584. The third-order valence-corrected chi connectivity index (χ3v) is 1.67. The summed E-state index contributed by atoms with van der Waals surface area (Å²) in [6.07, 6.45) is 5.35. The Balaban J connectivity index is 3.03. The van der Waals surface area contributed by atoms with Crippen molar-refractivity contribution in [1.29, 1.82) is 0 Å². The molecule has 0 aliphatic rings. The number of terminal acetylenes is 1. The summed E-state index contributed by atoms with van der Waals surface area (Å²) < 4.78 is 26.2. The van der Waals surface area contributed by atoms with Gasteiger partial charge < -0.3 is 5.32 Å². The molecular weight excluding hydrogens is 188 g/mol. The highest BCUT2D eigenvalue weighted by molar-refractivity contribution is 5.46. The molecular formula is C10H7F2NO. The molecule has 1 amide bonds. The van der Waals surface area contributed by atoms with Crippen molar-refractivity contribution in [2.75, 3.05) is 0 Å². The van der Waals surface area contributed by atoms with E-state index in [1.54, 1.807) is 0 Å². The standard InChI is InChI=1S/C10H7F2NO/c1-2-7-3-10(12)8(4-9(7)11)5-13-6-14/h1,3-4,6H,5H2,(H,13,14). The monoisotopic (exact) mass is 195 g/mol. The molecule has 72 valence electrons.